The summed E-state index contributed by atoms with van der Waals surface area (Å²) in [7, 11) is -3.51. The monoisotopic (exact) mass is 515 g/mol. The van der Waals surface area contributed by atoms with Gasteiger partial charge < -0.3 is 10.2 Å². The molecule has 0 aliphatic heterocycles. The summed E-state index contributed by atoms with van der Waals surface area (Å²) < 4.78 is 26.3. The van der Waals surface area contributed by atoms with Crippen LogP contribution in [0.5, 0.6) is 0 Å². The van der Waals surface area contributed by atoms with Gasteiger partial charge in [0.2, 0.25) is 21.8 Å². The van der Waals surface area contributed by atoms with Crippen molar-refractivity contribution in [1.29, 1.82) is 0 Å². The Balaban J connectivity index is 2.20. The predicted octanol–water partition coefficient (Wildman–Crippen LogP) is 4.57. The largest absolute Gasteiger partial charge is 0.354 e. The average Bonchev–Trinajstić information content (AvgIpc) is 2.81. The van der Waals surface area contributed by atoms with Crippen LogP contribution in [0.2, 0.25) is 0 Å². The number of rotatable bonds is 14. The molecule has 0 spiro atoms. The minimum absolute atomic E-state index is 0.141. The molecule has 1 N–H and O–H groups in total. The van der Waals surface area contributed by atoms with Gasteiger partial charge in [-0.2, -0.15) is 0 Å². The molecule has 0 bridgehead atoms. The van der Waals surface area contributed by atoms with E-state index < -0.39 is 16.1 Å². The molecule has 8 heteroatoms. The maximum absolute atomic E-state index is 13.5. The van der Waals surface area contributed by atoms with Crippen LogP contribution in [0.15, 0.2) is 48.5 Å². The molecule has 0 radical (unpaired) electrons. The maximum Gasteiger partial charge on any atom is 0.242 e. The van der Waals surface area contributed by atoms with Crippen molar-refractivity contribution in [1.82, 2.24) is 10.2 Å². The molecular weight excluding hydrogens is 474 g/mol. The van der Waals surface area contributed by atoms with Crippen molar-refractivity contribution in [2.75, 3.05) is 23.7 Å². The number of hydrogen-bond acceptors (Lipinski definition) is 4. The SMILES string of the molecule is CCCCNC(=O)C(CC)N(Cc1cccc(C)c1)C(=O)CCCN(c1cccc(C)c1)S(C)(=O)=O. The summed E-state index contributed by atoms with van der Waals surface area (Å²) in [6.45, 7) is 8.97. The van der Waals surface area contributed by atoms with E-state index in [1.165, 1.54) is 10.6 Å². The standard InChI is InChI=1S/C28H41N3O4S/c1-6-8-17-29-28(33)26(7-2)30(21-24-14-9-12-22(3)19-24)27(32)16-11-18-31(36(5,34)35)25-15-10-13-23(4)20-25/h9-10,12-15,19-20,26H,6-8,11,16-18,21H2,1-5H3,(H,29,33). The van der Waals surface area contributed by atoms with Gasteiger partial charge in [0.1, 0.15) is 6.04 Å². The number of amides is 2. The second-order valence-electron chi connectivity index (χ2n) is 9.36. The number of benzene rings is 2. The van der Waals surface area contributed by atoms with Crippen LogP contribution in [0.4, 0.5) is 5.69 Å². The van der Waals surface area contributed by atoms with Gasteiger partial charge in [-0.1, -0.05) is 62.2 Å². The predicted molar refractivity (Wildman–Crippen MR) is 146 cm³/mol. The fourth-order valence-electron chi connectivity index (χ4n) is 4.22. The molecule has 198 valence electrons. The maximum atomic E-state index is 13.5. The zero-order valence-corrected chi connectivity index (χ0v) is 23.1. The van der Waals surface area contributed by atoms with Crippen LogP contribution < -0.4 is 9.62 Å². The van der Waals surface area contributed by atoms with E-state index in [9.17, 15) is 18.0 Å². The van der Waals surface area contributed by atoms with Crippen molar-refractivity contribution in [3.05, 3.63) is 65.2 Å². The number of hydrogen-bond donors (Lipinski definition) is 1. The Hall–Kier alpha value is -2.87. The zero-order valence-electron chi connectivity index (χ0n) is 22.3. The Morgan fingerprint density at radius 2 is 1.64 bits per heavy atom. The van der Waals surface area contributed by atoms with Crippen LogP contribution in [-0.2, 0) is 26.2 Å². The Morgan fingerprint density at radius 1 is 0.972 bits per heavy atom. The van der Waals surface area contributed by atoms with Crippen molar-refractivity contribution in [3.63, 3.8) is 0 Å². The van der Waals surface area contributed by atoms with Crippen LogP contribution >= 0.6 is 0 Å². The molecule has 2 aromatic rings. The molecule has 2 aromatic carbocycles. The van der Waals surface area contributed by atoms with Gasteiger partial charge in [-0.3, -0.25) is 13.9 Å². The summed E-state index contributed by atoms with van der Waals surface area (Å²) in [4.78, 5) is 28.1. The molecular formula is C28H41N3O4S. The van der Waals surface area contributed by atoms with Crippen molar-refractivity contribution in [2.24, 2.45) is 0 Å². The summed E-state index contributed by atoms with van der Waals surface area (Å²) in [5.74, 6) is -0.309. The number of carbonyl (C=O) groups is 2. The Morgan fingerprint density at radius 3 is 2.22 bits per heavy atom. The van der Waals surface area contributed by atoms with E-state index in [-0.39, 0.29) is 24.8 Å². The molecule has 1 atom stereocenters. The number of sulfonamides is 1. The normalized spacial score (nSPS) is 12.1. The third kappa shape index (κ3) is 8.97. The number of carbonyl (C=O) groups excluding carboxylic acids is 2. The number of unbranched alkanes of at least 4 members (excludes halogenated alkanes) is 1. The molecule has 0 aliphatic rings. The lowest BCUT2D eigenvalue weighted by Gasteiger charge is -2.31. The number of aryl methyl sites for hydroxylation is 2. The highest BCUT2D eigenvalue weighted by atomic mass is 32.2. The van der Waals surface area contributed by atoms with Crippen LogP contribution in [0.25, 0.3) is 0 Å². The lowest BCUT2D eigenvalue weighted by molar-refractivity contribution is -0.141. The smallest absolute Gasteiger partial charge is 0.242 e. The first-order valence-electron chi connectivity index (χ1n) is 12.7. The molecule has 36 heavy (non-hydrogen) atoms. The first-order chi connectivity index (χ1) is 17.1. The Kier molecular flexibility index (Phi) is 11.4. The van der Waals surface area contributed by atoms with Crippen LogP contribution in [0.1, 0.15) is 62.6 Å². The third-order valence-electron chi connectivity index (χ3n) is 6.09. The van der Waals surface area contributed by atoms with Gasteiger partial charge in [0.05, 0.1) is 11.9 Å². The first kappa shape index (κ1) is 29.4. The van der Waals surface area contributed by atoms with Gasteiger partial charge in [-0.15, -0.1) is 0 Å². The summed E-state index contributed by atoms with van der Waals surface area (Å²) >= 11 is 0. The van der Waals surface area contributed by atoms with E-state index in [0.29, 0.717) is 31.6 Å². The van der Waals surface area contributed by atoms with Crippen LogP contribution in [0, 0.1) is 13.8 Å². The topological polar surface area (TPSA) is 86.8 Å². The molecule has 0 saturated heterocycles. The second kappa shape index (κ2) is 14.0. The average molecular weight is 516 g/mol. The minimum atomic E-state index is -3.51. The van der Waals surface area contributed by atoms with Crippen LogP contribution in [-0.4, -0.2) is 50.5 Å². The molecule has 0 heterocycles. The Labute approximate surface area is 216 Å². The van der Waals surface area contributed by atoms with Gasteiger partial charge in [0, 0.05) is 26.1 Å². The molecule has 2 amide bonds. The number of anilines is 1. The highest BCUT2D eigenvalue weighted by Gasteiger charge is 2.28. The summed E-state index contributed by atoms with van der Waals surface area (Å²) in [5, 5.41) is 2.97. The van der Waals surface area contributed by atoms with E-state index in [0.717, 1.165) is 29.5 Å². The van der Waals surface area contributed by atoms with Crippen molar-refractivity contribution < 1.29 is 18.0 Å². The van der Waals surface area contributed by atoms with Crippen LogP contribution in [0.3, 0.4) is 0 Å². The number of nitrogens with one attached hydrogen (secondary N) is 1. The van der Waals surface area contributed by atoms with Gasteiger partial charge in [-0.05, 0) is 56.4 Å². The summed E-state index contributed by atoms with van der Waals surface area (Å²) in [6, 6.07) is 14.6. The fraction of sp³-hybridized carbons (Fsp3) is 0.500. The van der Waals surface area contributed by atoms with E-state index in [4.69, 9.17) is 0 Å². The van der Waals surface area contributed by atoms with Crippen molar-refractivity contribution >= 4 is 27.5 Å². The van der Waals surface area contributed by atoms with E-state index in [1.54, 1.807) is 11.0 Å². The molecule has 0 saturated carbocycles. The summed E-state index contributed by atoms with van der Waals surface area (Å²) in [6.07, 6.45) is 4.01. The molecule has 1 unspecified atom stereocenters. The van der Waals surface area contributed by atoms with Gasteiger partial charge >= 0.3 is 0 Å². The molecule has 0 aliphatic carbocycles. The van der Waals surface area contributed by atoms with E-state index in [1.807, 2.05) is 63.2 Å². The lowest BCUT2D eigenvalue weighted by atomic mass is 10.1. The molecule has 7 nitrogen and oxygen atoms in total. The van der Waals surface area contributed by atoms with Gasteiger partial charge in [0.25, 0.3) is 0 Å². The first-order valence-corrected chi connectivity index (χ1v) is 14.6. The highest BCUT2D eigenvalue weighted by Crippen LogP contribution is 2.21. The minimum Gasteiger partial charge on any atom is -0.354 e. The summed E-state index contributed by atoms with van der Waals surface area (Å²) in [5.41, 5.74) is 3.59. The van der Waals surface area contributed by atoms with E-state index in [2.05, 4.69) is 12.2 Å². The highest BCUT2D eigenvalue weighted by molar-refractivity contribution is 7.92. The number of nitrogens with zero attached hydrogens (tertiary/aromatic N) is 2. The van der Waals surface area contributed by atoms with Gasteiger partial charge in [-0.25, -0.2) is 8.42 Å². The second-order valence-corrected chi connectivity index (χ2v) is 11.3. The zero-order chi connectivity index (χ0) is 26.7. The molecule has 0 aromatic heterocycles. The lowest BCUT2D eigenvalue weighted by Crippen LogP contribution is -2.49. The Bertz CT molecular complexity index is 1120. The fourth-order valence-corrected chi connectivity index (χ4v) is 5.18. The molecule has 2 rings (SSSR count). The third-order valence-corrected chi connectivity index (χ3v) is 7.29. The van der Waals surface area contributed by atoms with Gasteiger partial charge in [0.15, 0.2) is 0 Å². The molecule has 0 fully saturated rings. The quantitative estimate of drug-likeness (QED) is 0.373. The van der Waals surface area contributed by atoms with E-state index >= 15 is 0 Å². The van der Waals surface area contributed by atoms with Crippen molar-refractivity contribution in [3.8, 4) is 0 Å². The van der Waals surface area contributed by atoms with Crippen molar-refractivity contribution in [2.45, 2.75) is 72.4 Å².